The first-order valence-corrected chi connectivity index (χ1v) is 4.63. The van der Waals surface area contributed by atoms with Gasteiger partial charge >= 0.3 is 0 Å². The van der Waals surface area contributed by atoms with Crippen LogP contribution in [0.3, 0.4) is 0 Å². The summed E-state index contributed by atoms with van der Waals surface area (Å²) in [7, 11) is 0. The first-order valence-electron chi connectivity index (χ1n) is 3.31. The third kappa shape index (κ3) is 1.04. The van der Waals surface area contributed by atoms with E-state index in [9.17, 15) is 0 Å². The van der Waals surface area contributed by atoms with E-state index in [0.29, 0.717) is 0 Å². The van der Waals surface area contributed by atoms with Crippen molar-refractivity contribution >= 4 is 34.2 Å². The van der Waals surface area contributed by atoms with Crippen molar-refractivity contribution in [3.63, 3.8) is 0 Å². The fraction of sp³-hybridized carbons (Fsp3) is 0.125. The molecule has 2 rings (SSSR count). The maximum atomic E-state index is 4.31. The molecule has 0 amide bonds. The number of thiol groups is 1. The monoisotopic (exact) mass is 181 g/mol. The van der Waals surface area contributed by atoms with E-state index in [4.69, 9.17) is 0 Å². The number of aromatic nitrogens is 1. The summed E-state index contributed by atoms with van der Waals surface area (Å²) in [5, 5.41) is 0. The Morgan fingerprint density at radius 1 is 1.45 bits per heavy atom. The third-order valence-corrected chi connectivity index (χ3v) is 2.98. The molecule has 3 heteroatoms. The number of hydrogen-bond acceptors (Lipinski definition) is 3. The fourth-order valence-electron chi connectivity index (χ4n) is 1.07. The lowest BCUT2D eigenvalue weighted by molar-refractivity contribution is 1.39. The number of benzene rings is 1. The quantitative estimate of drug-likeness (QED) is 0.617. The van der Waals surface area contributed by atoms with Crippen LogP contribution in [0.5, 0.6) is 0 Å². The Bertz CT molecular complexity index is 356. The van der Waals surface area contributed by atoms with Gasteiger partial charge < -0.3 is 0 Å². The Labute approximate surface area is 74.5 Å². The molecule has 11 heavy (non-hydrogen) atoms. The molecular formula is C8H7NS2. The molecule has 0 bridgehead atoms. The third-order valence-electron chi connectivity index (χ3n) is 1.66. The largest absolute Gasteiger partial charge is 0.243 e. The lowest BCUT2D eigenvalue weighted by Crippen LogP contribution is -1.74. The highest BCUT2D eigenvalue weighted by Gasteiger charge is 2.01. The second kappa shape index (κ2) is 2.50. The molecule has 56 valence electrons. The maximum Gasteiger partial charge on any atom is 0.0947 e. The van der Waals surface area contributed by atoms with Crippen LogP contribution >= 0.6 is 24.0 Å². The predicted octanol–water partition coefficient (Wildman–Crippen LogP) is 2.89. The molecule has 0 aliphatic heterocycles. The zero-order chi connectivity index (χ0) is 7.84. The number of fused-ring (bicyclic) bond motifs is 1. The smallest absolute Gasteiger partial charge is 0.0947 e. The molecular weight excluding hydrogens is 174 g/mol. The molecule has 0 N–H and O–H groups in total. The average Bonchev–Trinajstić information content (AvgIpc) is 2.45. The zero-order valence-electron chi connectivity index (χ0n) is 6.03. The van der Waals surface area contributed by atoms with Gasteiger partial charge in [-0.05, 0) is 18.6 Å². The van der Waals surface area contributed by atoms with Gasteiger partial charge in [0.05, 0.1) is 15.7 Å². The van der Waals surface area contributed by atoms with Crippen LogP contribution in [0.1, 0.15) is 5.56 Å². The maximum absolute atomic E-state index is 4.31. The molecule has 0 unspecified atom stereocenters. The van der Waals surface area contributed by atoms with Crippen LogP contribution in [0.25, 0.3) is 10.2 Å². The van der Waals surface area contributed by atoms with Gasteiger partial charge in [-0.25, -0.2) is 4.98 Å². The molecule has 0 fully saturated rings. The highest BCUT2D eigenvalue weighted by molar-refractivity contribution is 7.80. The number of aryl methyl sites for hydroxylation is 1. The highest BCUT2D eigenvalue weighted by Crippen LogP contribution is 2.26. The fourth-order valence-corrected chi connectivity index (χ4v) is 2.18. The summed E-state index contributed by atoms with van der Waals surface area (Å²) >= 11 is 5.98. The van der Waals surface area contributed by atoms with Crippen molar-refractivity contribution in [3.05, 3.63) is 23.2 Å². The topological polar surface area (TPSA) is 12.9 Å². The molecule has 0 saturated carbocycles. The van der Waals surface area contributed by atoms with E-state index >= 15 is 0 Å². The minimum atomic E-state index is 0.965. The van der Waals surface area contributed by atoms with Crippen LogP contribution in [-0.4, -0.2) is 4.98 Å². The van der Waals surface area contributed by atoms with Crippen molar-refractivity contribution in [2.75, 3.05) is 0 Å². The summed E-state index contributed by atoms with van der Waals surface area (Å²) in [6.07, 6.45) is 0. The lowest BCUT2D eigenvalue weighted by atomic mass is 10.2. The lowest BCUT2D eigenvalue weighted by Gasteiger charge is -1.95. The van der Waals surface area contributed by atoms with Crippen molar-refractivity contribution in [2.24, 2.45) is 0 Å². The Kier molecular flexibility index (Phi) is 1.62. The van der Waals surface area contributed by atoms with Crippen molar-refractivity contribution in [3.8, 4) is 0 Å². The summed E-state index contributed by atoms with van der Waals surface area (Å²) in [6.45, 7) is 2.09. The molecule has 1 nitrogen and oxygen atoms in total. The molecule has 0 radical (unpaired) electrons. The first kappa shape index (κ1) is 7.13. The van der Waals surface area contributed by atoms with E-state index in [2.05, 4.69) is 30.6 Å². The molecule has 0 atom stereocenters. The Balaban J connectivity index is 2.96. The minimum Gasteiger partial charge on any atom is -0.243 e. The van der Waals surface area contributed by atoms with E-state index in [0.717, 1.165) is 10.4 Å². The molecule has 1 aromatic carbocycles. The number of thiazole rings is 1. The number of nitrogens with zero attached hydrogens (tertiary/aromatic N) is 1. The van der Waals surface area contributed by atoms with Crippen LogP contribution < -0.4 is 0 Å². The Morgan fingerprint density at radius 2 is 2.27 bits per heavy atom. The normalized spacial score (nSPS) is 10.7. The van der Waals surface area contributed by atoms with Crippen molar-refractivity contribution in [1.29, 1.82) is 0 Å². The van der Waals surface area contributed by atoms with Gasteiger partial charge in [0.15, 0.2) is 0 Å². The van der Waals surface area contributed by atoms with Gasteiger partial charge in [0, 0.05) is 4.90 Å². The van der Waals surface area contributed by atoms with E-state index in [1.807, 2.05) is 11.6 Å². The summed E-state index contributed by atoms with van der Waals surface area (Å²) in [5.41, 5.74) is 4.16. The standard InChI is InChI=1S/C8H7NS2/c1-5-2-3-6(10)7-8(5)11-4-9-7/h2-4,10H,1H3. The van der Waals surface area contributed by atoms with Crippen LogP contribution in [0.4, 0.5) is 0 Å². The van der Waals surface area contributed by atoms with E-state index in [1.54, 1.807) is 11.3 Å². The van der Waals surface area contributed by atoms with Crippen LogP contribution in [0, 0.1) is 6.92 Å². The molecule has 0 aliphatic carbocycles. The highest BCUT2D eigenvalue weighted by atomic mass is 32.1. The Hall–Kier alpha value is -0.540. The minimum absolute atomic E-state index is 0.965. The van der Waals surface area contributed by atoms with Crippen LogP contribution in [0.2, 0.25) is 0 Å². The van der Waals surface area contributed by atoms with E-state index in [1.165, 1.54) is 10.3 Å². The van der Waals surface area contributed by atoms with E-state index in [-0.39, 0.29) is 0 Å². The van der Waals surface area contributed by atoms with Crippen molar-refractivity contribution in [2.45, 2.75) is 11.8 Å². The van der Waals surface area contributed by atoms with Gasteiger partial charge in [-0.2, -0.15) is 0 Å². The summed E-state index contributed by atoms with van der Waals surface area (Å²) in [6, 6.07) is 4.06. The molecule has 0 aliphatic rings. The summed E-state index contributed by atoms with van der Waals surface area (Å²) in [5.74, 6) is 0. The van der Waals surface area contributed by atoms with Gasteiger partial charge in [0.2, 0.25) is 0 Å². The van der Waals surface area contributed by atoms with Crippen LogP contribution in [0.15, 0.2) is 22.5 Å². The average molecular weight is 181 g/mol. The van der Waals surface area contributed by atoms with Crippen molar-refractivity contribution < 1.29 is 0 Å². The SMILES string of the molecule is Cc1ccc(S)c2ncsc12. The molecule has 1 aromatic heterocycles. The predicted molar refractivity (Wildman–Crippen MR) is 51.6 cm³/mol. The van der Waals surface area contributed by atoms with Gasteiger partial charge in [-0.3, -0.25) is 0 Å². The van der Waals surface area contributed by atoms with Crippen LogP contribution in [-0.2, 0) is 0 Å². The first-order chi connectivity index (χ1) is 5.29. The summed E-state index contributed by atoms with van der Waals surface area (Å²) < 4.78 is 1.25. The molecule has 2 aromatic rings. The number of hydrogen-bond donors (Lipinski definition) is 1. The second-order valence-corrected chi connectivity index (χ2v) is 3.77. The van der Waals surface area contributed by atoms with Gasteiger partial charge in [0.1, 0.15) is 0 Å². The number of rotatable bonds is 0. The zero-order valence-corrected chi connectivity index (χ0v) is 7.75. The van der Waals surface area contributed by atoms with Gasteiger partial charge in [0.25, 0.3) is 0 Å². The van der Waals surface area contributed by atoms with Crippen molar-refractivity contribution in [1.82, 2.24) is 4.98 Å². The molecule has 0 spiro atoms. The van der Waals surface area contributed by atoms with Gasteiger partial charge in [-0.15, -0.1) is 24.0 Å². The summed E-state index contributed by atoms with van der Waals surface area (Å²) in [4.78, 5) is 5.19. The molecule has 0 saturated heterocycles. The second-order valence-electron chi connectivity index (χ2n) is 2.43. The van der Waals surface area contributed by atoms with E-state index < -0.39 is 0 Å². The molecule has 1 heterocycles. The van der Waals surface area contributed by atoms with Gasteiger partial charge in [-0.1, -0.05) is 6.07 Å². The Morgan fingerprint density at radius 3 is 3.00 bits per heavy atom.